The molecule has 1 aromatic carbocycles. The number of hydrogen-bond acceptors (Lipinski definition) is 0. The van der Waals surface area contributed by atoms with Gasteiger partial charge in [-0.25, -0.2) is 0 Å². The van der Waals surface area contributed by atoms with Gasteiger partial charge in [0, 0.05) is 0 Å². The minimum atomic E-state index is -0.312. The number of hydrogen-bond donors (Lipinski definition) is 0. The van der Waals surface area contributed by atoms with Crippen LogP contribution in [0.2, 0.25) is 5.02 Å². The van der Waals surface area contributed by atoms with Gasteiger partial charge in [-0.1, -0.05) is 0 Å². The van der Waals surface area contributed by atoms with Crippen LogP contribution in [0.3, 0.4) is 0 Å². The molecule has 0 unspecified atom stereocenters. The van der Waals surface area contributed by atoms with Crippen LogP contribution < -0.4 is 0 Å². The first-order valence-electron chi connectivity index (χ1n) is 2.88. The number of rotatable bonds is 1. The van der Waals surface area contributed by atoms with Gasteiger partial charge in [-0.2, -0.15) is 0 Å². The summed E-state index contributed by atoms with van der Waals surface area (Å²) in [5, 5.41) is 0.206. The molecule has 52 valence electrons. The molecule has 0 N–H and O–H groups in total. The van der Waals surface area contributed by atoms with E-state index in [4.69, 9.17) is 11.6 Å². The molecule has 0 aliphatic heterocycles. The summed E-state index contributed by atoms with van der Waals surface area (Å²) in [6, 6.07) is 4.95. The van der Waals surface area contributed by atoms with Crippen LogP contribution in [0.25, 0.3) is 0 Å². The minimum absolute atomic E-state index is 0.206. The molecule has 1 rings (SSSR count). The Morgan fingerprint density at radius 2 is 2.20 bits per heavy atom. The molecule has 0 heterocycles. The Balaban J connectivity index is 3.04. The second-order valence-electron chi connectivity index (χ2n) is 1.95. The Labute approximate surface area is 77.5 Å². The Kier molecular flexibility index (Phi) is 2.98. The van der Waals surface area contributed by atoms with E-state index in [2.05, 4.69) is 0 Å². The molecule has 0 amide bonds. The van der Waals surface area contributed by atoms with Gasteiger partial charge in [0.05, 0.1) is 0 Å². The van der Waals surface area contributed by atoms with E-state index in [1.165, 1.54) is 6.07 Å². The van der Waals surface area contributed by atoms with Crippen LogP contribution in [0.4, 0.5) is 4.39 Å². The molecule has 0 bridgehead atoms. The average Bonchev–Trinajstić information content (AvgIpc) is 1.95. The second-order valence-corrected chi connectivity index (χ2v) is 3.52. The molecule has 0 fully saturated rings. The van der Waals surface area contributed by atoms with Gasteiger partial charge in [-0.3, -0.25) is 0 Å². The molecule has 3 heteroatoms. The summed E-state index contributed by atoms with van der Waals surface area (Å²) in [5.74, 6) is -0.312. The van der Waals surface area contributed by atoms with E-state index in [1.807, 2.05) is 6.07 Å². The fourth-order valence-electron chi connectivity index (χ4n) is 0.667. The molecule has 0 spiro atoms. The van der Waals surface area contributed by atoms with Crippen molar-refractivity contribution in [2.24, 2.45) is 0 Å². The maximum atomic E-state index is 12.6. The van der Waals surface area contributed by atoms with E-state index in [1.54, 1.807) is 6.07 Å². The van der Waals surface area contributed by atoms with Crippen LogP contribution in [0.15, 0.2) is 18.2 Å². The maximum absolute atomic E-state index is 12.6. The zero-order valence-corrected chi connectivity index (χ0v) is 9.32. The third-order valence-corrected chi connectivity index (χ3v) is 2.87. The number of benzene rings is 1. The summed E-state index contributed by atoms with van der Waals surface area (Å²) in [4.78, 5) is 0. The predicted molar refractivity (Wildman–Crippen MR) is 42.3 cm³/mol. The molecule has 0 nitrogen and oxygen atoms in total. The normalized spacial score (nSPS) is 9.90. The zero-order chi connectivity index (χ0) is 7.56. The van der Waals surface area contributed by atoms with E-state index in [0.717, 1.165) is 32.5 Å². The number of halogens is 2. The van der Waals surface area contributed by atoms with Crippen molar-refractivity contribution in [1.29, 1.82) is 0 Å². The van der Waals surface area contributed by atoms with E-state index < -0.39 is 0 Å². The van der Waals surface area contributed by atoms with Crippen molar-refractivity contribution in [1.82, 2.24) is 0 Å². The molecule has 0 atom stereocenters. The van der Waals surface area contributed by atoms with Crippen molar-refractivity contribution in [3.8, 4) is 0 Å². The van der Waals surface area contributed by atoms with Gasteiger partial charge in [0.15, 0.2) is 0 Å². The SMILES string of the molecule is Fc1cc([CH2][SnH])ccc1Cl. The molecule has 0 aliphatic carbocycles. The Bertz CT molecular complexity index is 237. The molecule has 1 aromatic rings. The van der Waals surface area contributed by atoms with Crippen molar-refractivity contribution >= 4 is 34.1 Å². The van der Waals surface area contributed by atoms with Gasteiger partial charge in [-0.15, -0.1) is 0 Å². The molecular formula is C7H6ClFSn. The Morgan fingerprint density at radius 3 is 2.70 bits per heavy atom. The van der Waals surface area contributed by atoms with Gasteiger partial charge in [-0.05, 0) is 0 Å². The summed E-state index contributed by atoms with van der Waals surface area (Å²) < 4.78 is 13.6. The molecule has 2 radical (unpaired) electrons. The summed E-state index contributed by atoms with van der Waals surface area (Å²) in [7, 11) is 0. The van der Waals surface area contributed by atoms with Gasteiger partial charge < -0.3 is 0 Å². The van der Waals surface area contributed by atoms with Crippen LogP contribution >= 0.6 is 11.6 Å². The quantitative estimate of drug-likeness (QED) is 0.679. The fraction of sp³-hybridized carbons (Fsp3) is 0.143. The summed E-state index contributed by atoms with van der Waals surface area (Å²) >= 11 is 6.59. The molecule has 0 saturated heterocycles. The van der Waals surface area contributed by atoms with Gasteiger partial charge in [0.25, 0.3) is 0 Å². The molecule has 0 saturated carbocycles. The van der Waals surface area contributed by atoms with Crippen LogP contribution in [-0.4, -0.2) is 22.5 Å². The van der Waals surface area contributed by atoms with Crippen LogP contribution in [-0.2, 0) is 4.44 Å². The first kappa shape index (κ1) is 8.34. The topological polar surface area (TPSA) is 0 Å². The Morgan fingerprint density at radius 1 is 1.50 bits per heavy atom. The summed E-state index contributed by atoms with van der Waals surface area (Å²) in [6.45, 7) is 0. The van der Waals surface area contributed by atoms with Crippen LogP contribution in [0.5, 0.6) is 0 Å². The third-order valence-electron chi connectivity index (χ3n) is 1.22. The standard InChI is InChI=1S/C7H5ClF.Sn.H/c1-5-2-3-6(8)7(9)4-5;;/h2-4H,1H2;;. The molecule has 0 aliphatic rings. The summed E-state index contributed by atoms with van der Waals surface area (Å²) in [6.07, 6.45) is 0. The van der Waals surface area contributed by atoms with E-state index >= 15 is 0 Å². The Hall–Kier alpha value is 0.239. The van der Waals surface area contributed by atoms with Crippen molar-refractivity contribution < 1.29 is 4.39 Å². The predicted octanol–water partition coefficient (Wildman–Crippen LogP) is 1.88. The first-order chi connectivity index (χ1) is 4.74. The second kappa shape index (κ2) is 3.58. The van der Waals surface area contributed by atoms with Gasteiger partial charge in [0.1, 0.15) is 0 Å². The van der Waals surface area contributed by atoms with Gasteiger partial charge in [0.2, 0.25) is 0 Å². The zero-order valence-electron chi connectivity index (χ0n) is 5.27. The van der Waals surface area contributed by atoms with Crippen LogP contribution in [0, 0.1) is 5.82 Å². The van der Waals surface area contributed by atoms with E-state index in [0.29, 0.717) is 0 Å². The third kappa shape index (κ3) is 1.86. The van der Waals surface area contributed by atoms with Crippen molar-refractivity contribution in [2.45, 2.75) is 4.44 Å². The van der Waals surface area contributed by atoms with Crippen molar-refractivity contribution in [3.05, 3.63) is 34.6 Å². The van der Waals surface area contributed by atoms with Gasteiger partial charge >= 0.3 is 77.6 Å². The average molecular weight is 263 g/mol. The van der Waals surface area contributed by atoms with Crippen LogP contribution in [0.1, 0.15) is 5.56 Å². The fourth-order valence-corrected chi connectivity index (χ4v) is 1.51. The molecule has 10 heavy (non-hydrogen) atoms. The van der Waals surface area contributed by atoms with Crippen molar-refractivity contribution in [3.63, 3.8) is 0 Å². The van der Waals surface area contributed by atoms with E-state index in [9.17, 15) is 4.39 Å². The molecular weight excluding hydrogens is 257 g/mol. The summed E-state index contributed by atoms with van der Waals surface area (Å²) in [5.41, 5.74) is 1.03. The molecule has 0 aromatic heterocycles. The van der Waals surface area contributed by atoms with Crippen molar-refractivity contribution in [2.75, 3.05) is 0 Å². The van der Waals surface area contributed by atoms with E-state index in [-0.39, 0.29) is 10.8 Å². The first-order valence-corrected chi connectivity index (χ1v) is 5.59. The monoisotopic (exact) mass is 264 g/mol.